The number of hydrogen-bond acceptors (Lipinski definition) is 2. The Bertz CT molecular complexity index is 422. The molecule has 1 atom stereocenters. The summed E-state index contributed by atoms with van der Waals surface area (Å²) in [6, 6.07) is 2.28. The van der Waals surface area contributed by atoms with E-state index in [0.717, 1.165) is 50.3 Å². The molecule has 1 aliphatic carbocycles. The van der Waals surface area contributed by atoms with Crippen LogP contribution in [0.25, 0.3) is 0 Å². The standard InChI is InChI=1S/C15H20F3NO/c1-2-10-3-5-11(6-4-10)14(20)13-8-7-12(9-19-13)15(16,17)18/h7-11,14,20H,2-6H2,1H3. The smallest absolute Gasteiger partial charge is 0.387 e. The van der Waals surface area contributed by atoms with Gasteiger partial charge >= 0.3 is 6.18 Å². The maximum Gasteiger partial charge on any atom is 0.417 e. The van der Waals surface area contributed by atoms with Crippen molar-refractivity contribution in [2.75, 3.05) is 0 Å². The van der Waals surface area contributed by atoms with E-state index in [1.165, 1.54) is 6.07 Å². The lowest BCUT2D eigenvalue weighted by Gasteiger charge is -2.30. The highest BCUT2D eigenvalue weighted by Gasteiger charge is 2.32. The molecule has 1 saturated carbocycles. The Labute approximate surface area is 117 Å². The highest BCUT2D eigenvalue weighted by Crippen LogP contribution is 2.37. The molecule has 0 aliphatic heterocycles. The zero-order chi connectivity index (χ0) is 14.8. The summed E-state index contributed by atoms with van der Waals surface area (Å²) in [5.41, 5.74) is -0.430. The molecular weight excluding hydrogens is 267 g/mol. The van der Waals surface area contributed by atoms with Crippen molar-refractivity contribution in [2.24, 2.45) is 11.8 Å². The molecule has 5 heteroatoms. The Morgan fingerprint density at radius 2 is 1.90 bits per heavy atom. The number of rotatable bonds is 3. The van der Waals surface area contributed by atoms with Crippen LogP contribution in [0.1, 0.15) is 56.4 Å². The Balaban J connectivity index is 2.01. The number of alkyl halides is 3. The highest BCUT2D eigenvalue weighted by atomic mass is 19.4. The van der Waals surface area contributed by atoms with Crippen LogP contribution in [-0.4, -0.2) is 10.1 Å². The summed E-state index contributed by atoms with van der Waals surface area (Å²) in [4.78, 5) is 3.79. The Hall–Kier alpha value is -1.10. The summed E-state index contributed by atoms with van der Waals surface area (Å²) in [7, 11) is 0. The van der Waals surface area contributed by atoms with Gasteiger partial charge in [-0.2, -0.15) is 13.2 Å². The third kappa shape index (κ3) is 3.51. The molecule has 0 amide bonds. The SMILES string of the molecule is CCC1CCC(C(O)c2ccc(C(F)(F)F)cn2)CC1. The molecule has 0 aromatic carbocycles. The first-order valence-corrected chi connectivity index (χ1v) is 7.13. The molecule has 1 aromatic rings. The second-order valence-corrected chi connectivity index (χ2v) is 5.60. The number of hydrogen-bond donors (Lipinski definition) is 1. The molecule has 2 rings (SSSR count). The minimum atomic E-state index is -4.38. The number of pyridine rings is 1. The first-order chi connectivity index (χ1) is 9.41. The summed E-state index contributed by atoms with van der Waals surface area (Å²) in [6.07, 6.45) is 0.825. The molecule has 1 aromatic heterocycles. The average molecular weight is 287 g/mol. The van der Waals surface area contributed by atoms with E-state index in [2.05, 4.69) is 11.9 Å². The molecule has 0 spiro atoms. The lowest BCUT2D eigenvalue weighted by molar-refractivity contribution is -0.137. The van der Waals surface area contributed by atoms with Crippen molar-refractivity contribution < 1.29 is 18.3 Å². The van der Waals surface area contributed by atoms with Crippen LogP contribution in [0.4, 0.5) is 13.2 Å². The summed E-state index contributed by atoms with van der Waals surface area (Å²) in [5, 5.41) is 10.3. The molecule has 1 N–H and O–H groups in total. The minimum Gasteiger partial charge on any atom is -0.387 e. The topological polar surface area (TPSA) is 33.1 Å². The monoisotopic (exact) mass is 287 g/mol. The molecule has 1 heterocycles. The van der Waals surface area contributed by atoms with E-state index in [1.807, 2.05) is 0 Å². The maximum atomic E-state index is 12.5. The summed E-state index contributed by atoms with van der Waals surface area (Å²) >= 11 is 0. The van der Waals surface area contributed by atoms with Crippen LogP contribution in [0.15, 0.2) is 18.3 Å². The van der Waals surface area contributed by atoms with Gasteiger partial charge in [-0.1, -0.05) is 26.2 Å². The predicted octanol–water partition coefficient (Wildman–Crippen LogP) is 4.35. The fraction of sp³-hybridized carbons (Fsp3) is 0.667. The first-order valence-electron chi connectivity index (χ1n) is 7.13. The number of nitrogens with zero attached hydrogens (tertiary/aromatic N) is 1. The van der Waals surface area contributed by atoms with E-state index in [1.54, 1.807) is 0 Å². The van der Waals surface area contributed by atoms with Gasteiger partial charge in [-0.15, -0.1) is 0 Å². The quantitative estimate of drug-likeness (QED) is 0.896. The van der Waals surface area contributed by atoms with Gasteiger partial charge in [-0.3, -0.25) is 4.98 Å². The molecule has 0 bridgehead atoms. The summed E-state index contributed by atoms with van der Waals surface area (Å²) < 4.78 is 37.4. The zero-order valence-electron chi connectivity index (χ0n) is 11.5. The molecule has 1 fully saturated rings. The molecule has 0 radical (unpaired) electrons. The molecule has 0 saturated heterocycles. The zero-order valence-corrected chi connectivity index (χ0v) is 11.5. The van der Waals surface area contributed by atoms with E-state index < -0.39 is 17.8 Å². The summed E-state index contributed by atoms with van der Waals surface area (Å²) in [5.74, 6) is 0.834. The highest BCUT2D eigenvalue weighted by molar-refractivity contribution is 5.18. The van der Waals surface area contributed by atoms with Gasteiger partial charge in [-0.05, 0) is 36.8 Å². The molecular formula is C15H20F3NO. The van der Waals surface area contributed by atoms with Crippen molar-refractivity contribution in [3.05, 3.63) is 29.6 Å². The Morgan fingerprint density at radius 3 is 2.35 bits per heavy atom. The van der Waals surface area contributed by atoms with E-state index in [-0.39, 0.29) is 5.92 Å². The Morgan fingerprint density at radius 1 is 1.25 bits per heavy atom. The normalized spacial score (nSPS) is 25.4. The van der Waals surface area contributed by atoms with E-state index >= 15 is 0 Å². The van der Waals surface area contributed by atoms with Gasteiger partial charge in [0.1, 0.15) is 0 Å². The van der Waals surface area contributed by atoms with Crippen LogP contribution in [0.3, 0.4) is 0 Å². The lowest BCUT2D eigenvalue weighted by atomic mass is 9.78. The number of aliphatic hydroxyl groups is 1. The average Bonchev–Trinajstić information content (AvgIpc) is 2.46. The number of halogens is 3. The number of aromatic nitrogens is 1. The number of aliphatic hydroxyl groups excluding tert-OH is 1. The molecule has 2 nitrogen and oxygen atoms in total. The van der Waals surface area contributed by atoms with Gasteiger partial charge < -0.3 is 5.11 Å². The van der Waals surface area contributed by atoms with Crippen LogP contribution < -0.4 is 0 Å². The van der Waals surface area contributed by atoms with Gasteiger partial charge in [0.05, 0.1) is 17.4 Å². The van der Waals surface area contributed by atoms with E-state index in [0.29, 0.717) is 5.69 Å². The third-order valence-corrected chi connectivity index (χ3v) is 4.33. The lowest BCUT2D eigenvalue weighted by Crippen LogP contribution is -2.21. The fourth-order valence-electron chi connectivity index (χ4n) is 2.90. The van der Waals surface area contributed by atoms with Crippen molar-refractivity contribution in [1.29, 1.82) is 0 Å². The fourth-order valence-corrected chi connectivity index (χ4v) is 2.90. The van der Waals surface area contributed by atoms with Crippen LogP contribution >= 0.6 is 0 Å². The minimum absolute atomic E-state index is 0.113. The van der Waals surface area contributed by atoms with E-state index in [9.17, 15) is 18.3 Å². The van der Waals surface area contributed by atoms with Gasteiger partial charge in [0.15, 0.2) is 0 Å². The van der Waals surface area contributed by atoms with Gasteiger partial charge in [0, 0.05) is 6.20 Å². The van der Waals surface area contributed by atoms with Gasteiger partial charge in [0.2, 0.25) is 0 Å². The van der Waals surface area contributed by atoms with Crippen LogP contribution in [0, 0.1) is 11.8 Å². The third-order valence-electron chi connectivity index (χ3n) is 4.33. The van der Waals surface area contributed by atoms with Crippen molar-refractivity contribution in [3.8, 4) is 0 Å². The molecule has 20 heavy (non-hydrogen) atoms. The van der Waals surface area contributed by atoms with Crippen LogP contribution in [0.5, 0.6) is 0 Å². The van der Waals surface area contributed by atoms with Crippen molar-refractivity contribution in [1.82, 2.24) is 4.98 Å². The summed E-state index contributed by atoms with van der Waals surface area (Å²) in [6.45, 7) is 2.17. The second kappa shape index (κ2) is 6.12. The van der Waals surface area contributed by atoms with Crippen molar-refractivity contribution in [3.63, 3.8) is 0 Å². The van der Waals surface area contributed by atoms with Crippen molar-refractivity contribution in [2.45, 2.75) is 51.3 Å². The van der Waals surface area contributed by atoms with Crippen LogP contribution in [-0.2, 0) is 6.18 Å². The first kappa shape index (κ1) is 15.3. The predicted molar refractivity (Wildman–Crippen MR) is 69.9 cm³/mol. The molecule has 1 aliphatic rings. The van der Waals surface area contributed by atoms with Gasteiger partial charge in [-0.25, -0.2) is 0 Å². The van der Waals surface area contributed by atoms with Gasteiger partial charge in [0.25, 0.3) is 0 Å². The second-order valence-electron chi connectivity index (χ2n) is 5.60. The van der Waals surface area contributed by atoms with E-state index in [4.69, 9.17) is 0 Å². The largest absolute Gasteiger partial charge is 0.417 e. The molecule has 1 unspecified atom stereocenters. The maximum absolute atomic E-state index is 12.5. The van der Waals surface area contributed by atoms with Crippen molar-refractivity contribution >= 4 is 0 Å². The van der Waals surface area contributed by atoms with Crippen LogP contribution in [0.2, 0.25) is 0 Å². The molecule has 112 valence electrons. The Kier molecular flexibility index (Phi) is 4.68.